The minimum atomic E-state index is -0.192. The first-order valence-corrected chi connectivity index (χ1v) is 6.47. The van der Waals surface area contributed by atoms with E-state index >= 15 is 0 Å². The number of rotatable bonds is 6. The summed E-state index contributed by atoms with van der Waals surface area (Å²) in [5, 5.41) is 9.68. The van der Waals surface area contributed by atoms with Gasteiger partial charge in [-0.15, -0.1) is 0 Å². The van der Waals surface area contributed by atoms with Crippen LogP contribution in [0.1, 0.15) is 31.7 Å². The molecule has 2 nitrogen and oxygen atoms in total. The molecule has 0 amide bonds. The van der Waals surface area contributed by atoms with Gasteiger partial charge < -0.3 is 9.84 Å². The van der Waals surface area contributed by atoms with Gasteiger partial charge in [-0.1, -0.05) is 29.3 Å². The largest absolute Gasteiger partial charge is 0.497 e. The molecule has 0 aliphatic rings. The third kappa shape index (κ3) is 4.14. The number of aliphatic hydroxyl groups is 1. The fourth-order valence-corrected chi connectivity index (χ4v) is 2.11. The molecule has 90 valence electrons. The smallest absolute Gasteiger partial charge is 0.119 e. The summed E-state index contributed by atoms with van der Waals surface area (Å²) in [7, 11) is 1.67. The van der Waals surface area contributed by atoms with Crippen LogP contribution in [0.3, 0.4) is 0 Å². The van der Waals surface area contributed by atoms with Gasteiger partial charge in [-0.05, 0) is 43.0 Å². The summed E-state index contributed by atoms with van der Waals surface area (Å²) in [6.07, 6.45) is 3.39. The molecule has 0 aliphatic heterocycles. The highest BCUT2D eigenvalue weighted by Crippen LogP contribution is 2.24. The minimum absolute atomic E-state index is 0.192. The van der Waals surface area contributed by atoms with Crippen molar-refractivity contribution >= 4 is 15.9 Å². The third-order valence-corrected chi connectivity index (χ3v) is 3.40. The van der Waals surface area contributed by atoms with E-state index in [1.165, 1.54) is 5.56 Å². The van der Waals surface area contributed by atoms with Crippen LogP contribution in [0.25, 0.3) is 0 Å². The monoisotopic (exact) mass is 286 g/mol. The summed E-state index contributed by atoms with van der Waals surface area (Å²) >= 11 is 3.51. The van der Waals surface area contributed by atoms with Crippen LogP contribution in [-0.2, 0) is 6.42 Å². The van der Waals surface area contributed by atoms with Crippen LogP contribution in [0.5, 0.6) is 5.75 Å². The zero-order valence-electron chi connectivity index (χ0n) is 9.87. The first kappa shape index (κ1) is 13.5. The van der Waals surface area contributed by atoms with E-state index in [9.17, 15) is 5.11 Å². The number of hydrogen-bond acceptors (Lipinski definition) is 2. The van der Waals surface area contributed by atoms with Crippen molar-refractivity contribution in [1.82, 2.24) is 0 Å². The van der Waals surface area contributed by atoms with Crippen molar-refractivity contribution in [2.75, 3.05) is 7.11 Å². The van der Waals surface area contributed by atoms with Gasteiger partial charge in [0.05, 0.1) is 13.2 Å². The Morgan fingerprint density at radius 2 is 2.12 bits per heavy atom. The molecule has 1 atom stereocenters. The van der Waals surface area contributed by atoms with E-state index in [0.717, 1.165) is 35.9 Å². The van der Waals surface area contributed by atoms with Crippen LogP contribution in [0.4, 0.5) is 0 Å². The SMILES string of the molecule is CCCC(O)CCc1cc(OC)ccc1Br. The van der Waals surface area contributed by atoms with E-state index in [1.54, 1.807) is 7.11 Å². The number of benzene rings is 1. The van der Waals surface area contributed by atoms with Gasteiger partial charge in [-0.2, -0.15) is 0 Å². The van der Waals surface area contributed by atoms with Gasteiger partial charge in [0.25, 0.3) is 0 Å². The molecular formula is C13H19BrO2. The normalized spacial score (nSPS) is 12.5. The first-order valence-electron chi connectivity index (χ1n) is 5.67. The molecule has 0 radical (unpaired) electrons. The molecule has 0 spiro atoms. The molecule has 3 heteroatoms. The van der Waals surface area contributed by atoms with Crippen LogP contribution < -0.4 is 4.74 Å². The van der Waals surface area contributed by atoms with E-state index in [-0.39, 0.29) is 6.10 Å². The summed E-state index contributed by atoms with van der Waals surface area (Å²) in [6, 6.07) is 5.93. The van der Waals surface area contributed by atoms with Crippen LogP contribution in [0, 0.1) is 0 Å². The Morgan fingerprint density at radius 1 is 1.38 bits per heavy atom. The Kier molecular flexibility index (Phi) is 5.85. The van der Waals surface area contributed by atoms with Crippen LogP contribution in [0.2, 0.25) is 0 Å². The average Bonchev–Trinajstić information content (AvgIpc) is 2.28. The molecule has 1 rings (SSSR count). The number of aryl methyl sites for hydroxylation is 1. The molecule has 16 heavy (non-hydrogen) atoms. The molecule has 1 aromatic rings. The third-order valence-electron chi connectivity index (χ3n) is 2.62. The molecule has 0 aromatic heterocycles. The van der Waals surface area contributed by atoms with Gasteiger partial charge in [-0.3, -0.25) is 0 Å². The molecule has 0 saturated carbocycles. The maximum Gasteiger partial charge on any atom is 0.119 e. The first-order chi connectivity index (χ1) is 7.67. The molecule has 1 N–H and O–H groups in total. The second-order valence-corrected chi connectivity index (χ2v) is 4.79. The highest BCUT2D eigenvalue weighted by atomic mass is 79.9. The summed E-state index contributed by atoms with van der Waals surface area (Å²) < 4.78 is 6.26. The molecular weight excluding hydrogens is 268 g/mol. The van der Waals surface area contributed by atoms with Crippen molar-refractivity contribution in [2.24, 2.45) is 0 Å². The lowest BCUT2D eigenvalue weighted by Crippen LogP contribution is -2.07. The van der Waals surface area contributed by atoms with Gasteiger partial charge in [0.1, 0.15) is 5.75 Å². The minimum Gasteiger partial charge on any atom is -0.497 e. The second-order valence-electron chi connectivity index (χ2n) is 3.94. The topological polar surface area (TPSA) is 29.5 Å². The zero-order valence-corrected chi connectivity index (χ0v) is 11.5. The highest BCUT2D eigenvalue weighted by Gasteiger charge is 2.06. The number of hydrogen-bond donors (Lipinski definition) is 1. The van der Waals surface area contributed by atoms with E-state index in [0.29, 0.717) is 0 Å². The fourth-order valence-electron chi connectivity index (χ4n) is 1.67. The van der Waals surface area contributed by atoms with E-state index in [1.807, 2.05) is 18.2 Å². The van der Waals surface area contributed by atoms with Crippen LogP contribution in [0.15, 0.2) is 22.7 Å². The number of aliphatic hydroxyl groups excluding tert-OH is 1. The Bertz CT molecular complexity index is 326. The Balaban J connectivity index is 2.58. The fraction of sp³-hybridized carbons (Fsp3) is 0.538. The van der Waals surface area contributed by atoms with Gasteiger partial charge in [0, 0.05) is 4.47 Å². The predicted molar refractivity (Wildman–Crippen MR) is 69.9 cm³/mol. The van der Waals surface area contributed by atoms with Gasteiger partial charge >= 0.3 is 0 Å². The zero-order chi connectivity index (χ0) is 12.0. The number of ether oxygens (including phenoxy) is 1. The van der Waals surface area contributed by atoms with Crippen molar-refractivity contribution in [3.05, 3.63) is 28.2 Å². The maximum absolute atomic E-state index is 9.68. The standard InChI is InChI=1S/C13H19BrO2/c1-3-4-11(15)6-5-10-9-12(16-2)7-8-13(10)14/h7-9,11,15H,3-6H2,1-2H3. The Hall–Kier alpha value is -0.540. The van der Waals surface area contributed by atoms with Gasteiger partial charge in [0.2, 0.25) is 0 Å². The van der Waals surface area contributed by atoms with E-state index in [4.69, 9.17) is 4.74 Å². The van der Waals surface area contributed by atoms with Crippen LogP contribution >= 0.6 is 15.9 Å². The lowest BCUT2D eigenvalue weighted by atomic mass is 10.0. The van der Waals surface area contributed by atoms with Crippen molar-refractivity contribution in [3.8, 4) is 5.75 Å². The molecule has 0 aliphatic carbocycles. The van der Waals surface area contributed by atoms with E-state index < -0.39 is 0 Å². The number of methoxy groups -OCH3 is 1. The molecule has 0 fully saturated rings. The molecule has 0 saturated heterocycles. The lowest BCUT2D eigenvalue weighted by molar-refractivity contribution is 0.154. The van der Waals surface area contributed by atoms with Crippen molar-refractivity contribution < 1.29 is 9.84 Å². The Labute approximate surface area is 106 Å². The average molecular weight is 287 g/mol. The molecule has 0 bridgehead atoms. The summed E-state index contributed by atoms with van der Waals surface area (Å²) in [4.78, 5) is 0. The highest BCUT2D eigenvalue weighted by molar-refractivity contribution is 9.10. The Morgan fingerprint density at radius 3 is 2.75 bits per heavy atom. The van der Waals surface area contributed by atoms with Crippen LogP contribution in [-0.4, -0.2) is 18.3 Å². The second kappa shape index (κ2) is 6.92. The quantitative estimate of drug-likeness (QED) is 0.867. The molecule has 1 unspecified atom stereocenters. The lowest BCUT2D eigenvalue weighted by Gasteiger charge is -2.11. The summed E-state index contributed by atoms with van der Waals surface area (Å²) in [5.74, 6) is 0.864. The van der Waals surface area contributed by atoms with Gasteiger partial charge in [0.15, 0.2) is 0 Å². The number of halogens is 1. The predicted octanol–water partition coefficient (Wildman–Crippen LogP) is 3.55. The molecule has 0 heterocycles. The summed E-state index contributed by atoms with van der Waals surface area (Å²) in [5.41, 5.74) is 1.19. The van der Waals surface area contributed by atoms with Crippen molar-refractivity contribution in [2.45, 2.75) is 38.7 Å². The maximum atomic E-state index is 9.68. The summed E-state index contributed by atoms with van der Waals surface area (Å²) in [6.45, 7) is 2.09. The van der Waals surface area contributed by atoms with Gasteiger partial charge in [-0.25, -0.2) is 0 Å². The molecule has 1 aromatic carbocycles. The van der Waals surface area contributed by atoms with Crippen molar-refractivity contribution in [3.63, 3.8) is 0 Å². The van der Waals surface area contributed by atoms with Crippen molar-refractivity contribution in [1.29, 1.82) is 0 Å². The van der Waals surface area contributed by atoms with E-state index in [2.05, 4.69) is 22.9 Å².